The van der Waals surface area contributed by atoms with Crippen LogP contribution in [-0.4, -0.2) is 164 Å². The van der Waals surface area contributed by atoms with Crippen molar-refractivity contribution in [3.8, 4) is 0 Å². The molecule has 12 unspecified atom stereocenters. The van der Waals surface area contributed by atoms with Crippen molar-refractivity contribution in [3.05, 3.63) is 109 Å². The Morgan fingerprint density at radius 2 is 0.546 bits per heavy atom. The molecule has 0 aromatic carbocycles. The van der Waals surface area contributed by atoms with Gasteiger partial charge in [0.15, 0.2) is 0 Å². The van der Waals surface area contributed by atoms with Gasteiger partial charge in [-0.3, -0.25) is 38.4 Å². The smallest absolute Gasteiger partial charge is 0.407 e. The molecule has 6 rings (SSSR count). The molecule has 22 heteroatoms. The molecule has 2 aliphatic heterocycles. The molecule has 0 bridgehead atoms. The fourth-order valence-corrected chi connectivity index (χ4v) is 18.4. The average Bonchev–Trinajstić information content (AvgIpc) is 1.82. The predicted molar refractivity (Wildman–Crippen MR) is 579 cm³/mol. The van der Waals surface area contributed by atoms with E-state index in [1.54, 1.807) is 7.11 Å². The highest BCUT2D eigenvalue weighted by atomic mass is 16.6. The minimum atomic E-state index is -0.345. The number of hydrogen-bond donors (Lipinski definition) is 1. The Bertz CT molecular complexity index is 3450. The zero-order valence-corrected chi connectivity index (χ0v) is 95.2. The largest absolute Gasteiger partial charge is 0.469 e. The summed E-state index contributed by atoms with van der Waals surface area (Å²) >= 11 is 0. The molecule has 1 N–H and O–H groups in total. The molecule has 2 saturated heterocycles. The minimum absolute atomic E-state index is 0. The number of methoxy groups -OCH3 is 10. The van der Waals surface area contributed by atoms with E-state index in [-0.39, 0.29) is 108 Å². The van der Waals surface area contributed by atoms with E-state index in [1.807, 2.05) is 6.92 Å². The first-order valence-corrected chi connectivity index (χ1v) is 52.7. The second-order valence-electron chi connectivity index (χ2n) is 43.5. The molecule has 0 spiro atoms. The Labute approximate surface area is 861 Å². The van der Waals surface area contributed by atoms with Gasteiger partial charge in [-0.2, -0.15) is 0 Å². The average molecular weight is 1990 g/mol. The first kappa shape index (κ1) is 140. The summed E-state index contributed by atoms with van der Waals surface area (Å²) in [5, 5.41) is 2.96. The molecule has 6 aliphatic rings. The van der Waals surface area contributed by atoms with Gasteiger partial charge in [0.2, 0.25) is 0 Å². The Kier molecular flexibility index (Phi) is 75.5. The van der Waals surface area contributed by atoms with E-state index in [0.717, 1.165) is 80.0 Å². The molecule has 12 atom stereocenters. The number of carbonyl (C=O) groups is 9. The number of carbonyl (C=O) groups excluding carboxylic acids is 9. The maximum absolute atomic E-state index is 11.5. The second kappa shape index (κ2) is 76.2. The number of esters is 8. The van der Waals surface area contributed by atoms with Crippen LogP contribution < -0.4 is 5.32 Å². The zero-order chi connectivity index (χ0) is 108. The summed E-state index contributed by atoms with van der Waals surface area (Å²) in [5.74, 6) is 8.51. The Hall–Kier alpha value is -7.43. The SMILES string of the molecule is C.C=C(C(C)C)C(CC(=O)OC)C(C)(C)C.C=C(C(C)C)C(CC(=O)OC)C(C)CC.C=C(C(C)C)C(CC(=O)OC)C(C)OC.C=C(C(C)C)C(CC(=O)OC)C1CC1.C=C(C(C)C)C(CC(=O)OC)C1CCC1.C=C(C(C)C)C(CC(=O)OC)C1CCCC1.C=C(C(C)C)C(CC(=O)OC)C1CCOC1.C=C(C(C)C)C(CC(=O)OC)C1CCOCC1.C=C(C(C)C)C(NC(=O)OC)C1CCCCC1. The molecule has 141 heavy (non-hydrogen) atoms. The van der Waals surface area contributed by atoms with E-state index >= 15 is 0 Å². The lowest BCUT2D eigenvalue weighted by molar-refractivity contribution is -0.143. The normalized spacial score (nSPS) is 17.6. The van der Waals surface area contributed by atoms with Crippen LogP contribution in [0.1, 0.15) is 341 Å². The number of nitrogens with one attached hydrogen (secondary N) is 1. The molecule has 22 nitrogen and oxygen atoms in total. The van der Waals surface area contributed by atoms with E-state index in [2.05, 4.69) is 229 Å². The van der Waals surface area contributed by atoms with Gasteiger partial charge in [0.1, 0.15) is 0 Å². The number of allylic oxidation sites excluding steroid dienone is 7. The van der Waals surface area contributed by atoms with Crippen LogP contribution in [-0.2, 0) is 95.2 Å². The quantitative estimate of drug-likeness (QED) is 0.0337. The fourth-order valence-electron chi connectivity index (χ4n) is 18.4. The van der Waals surface area contributed by atoms with Gasteiger partial charge in [-0.05, 0) is 219 Å². The van der Waals surface area contributed by atoms with E-state index < -0.39 is 0 Å². The van der Waals surface area contributed by atoms with Gasteiger partial charge in [0.25, 0.3) is 0 Å². The lowest BCUT2D eigenvalue weighted by Crippen LogP contribution is -2.43. The first-order chi connectivity index (χ1) is 65.4. The standard InChI is InChI=1S/C14H25NO2.C14H24O3.C14H24O2.C13H22O3.C13H22O2.2C13H24O2.C12H22O3.C12H20O2.CH4/c1-10(2)11(3)13(15-14(16)17-4)12-8-6-5-7-9-12;1-10(2)11(3)13(9-14(15)16-4)12-5-7-17-8-6-12;1-10(2)11(3)13(9-14(15)16-4)12-7-5-6-8-12;1-9(2)10(3)12(7-13(14)15-4)11-5-6-16-8-11;1-9(2)10(3)12(8-13(14)15-4)11-6-5-7-11;1-9(2)10(3)11(13(4,5)6)8-12(14)15-7;1-7-10(4)12(8-13(14)15-6)11(5)9(2)3;1-8(2)9(3)11(10(4)14-5)7-12(13)15-6;1-8(2)9(3)11(10-5-6-10)7-12(13)14-4;/h10,12-13H,3,5-9H2,1-2,4H3,(H,15,16);10,12-13H,3,5-9H2,1-2,4H3;10,12-13H,3,5-9H2,1-2,4H3;9,11-12H,3,5-8H2,1-2,4H3;9,11-12H,3,5-8H2,1-2,4H3;9,11H,3,8H2,1-2,4-7H3;9-10,12H,5,7-8H2,1-4,6H3;8,10-11H,3,7H2,1-2,4-6H3;8,10-11H,3,5-7H2,1-2,4H3;1H4. The van der Waals surface area contributed by atoms with Crippen LogP contribution in [0.5, 0.6) is 0 Å². The van der Waals surface area contributed by atoms with Gasteiger partial charge in [0.05, 0.1) is 134 Å². The third-order valence-electron chi connectivity index (χ3n) is 29.9. The van der Waals surface area contributed by atoms with Crippen LogP contribution in [0.4, 0.5) is 4.79 Å². The highest BCUT2D eigenvalue weighted by molar-refractivity contribution is 5.73. The molecular formula is C119H211NO21. The number of ether oxygens (including phenoxy) is 12. The Balaban J connectivity index is -0.000000749. The molecule has 4 aliphatic carbocycles. The summed E-state index contributed by atoms with van der Waals surface area (Å²) in [6.07, 6.45) is 25.0. The van der Waals surface area contributed by atoms with E-state index in [9.17, 15) is 43.2 Å². The Morgan fingerprint density at radius 3 is 0.809 bits per heavy atom. The third kappa shape index (κ3) is 56.7. The predicted octanol–water partition coefficient (Wildman–Crippen LogP) is 28.2. The molecule has 818 valence electrons. The van der Waals surface area contributed by atoms with Crippen molar-refractivity contribution in [2.24, 2.45) is 147 Å². The van der Waals surface area contributed by atoms with E-state index in [0.29, 0.717) is 164 Å². The minimum Gasteiger partial charge on any atom is -0.469 e. The maximum Gasteiger partial charge on any atom is 0.407 e. The number of amides is 1. The summed E-state index contributed by atoms with van der Waals surface area (Å²) in [7, 11) is 14.6. The van der Waals surface area contributed by atoms with Crippen molar-refractivity contribution in [1.82, 2.24) is 5.32 Å². The second-order valence-corrected chi connectivity index (χ2v) is 43.5. The monoisotopic (exact) mass is 1990 g/mol. The summed E-state index contributed by atoms with van der Waals surface area (Å²) in [4.78, 5) is 102. The Morgan fingerprint density at radius 1 is 0.291 bits per heavy atom. The zero-order valence-electron chi connectivity index (χ0n) is 95.2. The fraction of sp³-hybridized carbons (Fsp3) is 0.773. The van der Waals surface area contributed by atoms with Crippen LogP contribution in [0.25, 0.3) is 0 Å². The summed E-state index contributed by atoms with van der Waals surface area (Å²) in [6, 6.07) is 0.0720. The van der Waals surface area contributed by atoms with Crippen LogP contribution in [0.3, 0.4) is 0 Å². The number of alkyl carbamates (subject to hydrolysis) is 1. The third-order valence-corrected chi connectivity index (χ3v) is 29.9. The van der Waals surface area contributed by atoms with Gasteiger partial charge in [-0.25, -0.2) is 4.79 Å². The van der Waals surface area contributed by atoms with Crippen molar-refractivity contribution >= 4 is 53.8 Å². The highest BCUT2D eigenvalue weighted by Crippen LogP contribution is 2.46. The van der Waals surface area contributed by atoms with Crippen LogP contribution in [0.15, 0.2) is 109 Å². The lowest BCUT2D eigenvalue weighted by Gasteiger charge is -2.35. The van der Waals surface area contributed by atoms with Gasteiger partial charge in [-0.15, -0.1) is 0 Å². The molecule has 4 saturated carbocycles. The van der Waals surface area contributed by atoms with E-state index in [1.165, 1.54) is 176 Å². The van der Waals surface area contributed by atoms with Gasteiger partial charge < -0.3 is 62.2 Å². The number of hydrogen-bond acceptors (Lipinski definition) is 21. The van der Waals surface area contributed by atoms with Gasteiger partial charge in [-0.1, -0.05) is 321 Å². The molecule has 1 amide bonds. The lowest BCUT2D eigenvalue weighted by atomic mass is 9.70. The first-order valence-electron chi connectivity index (χ1n) is 52.7. The molecule has 2 heterocycles. The van der Waals surface area contributed by atoms with Crippen LogP contribution in [0, 0.1) is 147 Å². The van der Waals surface area contributed by atoms with E-state index in [4.69, 9.17) is 52.1 Å². The summed E-state index contributed by atoms with van der Waals surface area (Å²) in [6.45, 7) is 91.1. The molecule has 0 radical (unpaired) electrons. The van der Waals surface area contributed by atoms with Crippen molar-refractivity contribution < 1.29 is 100.0 Å². The molecule has 6 fully saturated rings. The number of rotatable bonds is 45. The van der Waals surface area contributed by atoms with Gasteiger partial charge in [0, 0.05) is 32.8 Å². The van der Waals surface area contributed by atoms with Gasteiger partial charge >= 0.3 is 53.8 Å². The maximum atomic E-state index is 11.5. The summed E-state index contributed by atoms with van der Waals surface area (Å²) < 4.78 is 58.6. The van der Waals surface area contributed by atoms with Crippen molar-refractivity contribution in [2.75, 3.05) is 97.5 Å². The molecule has 0 aromatic heterocycles. The van der Waals surface area contributed by atoms with Crippen molar-refractivity contribution in [2.45, 2.75) is 353 Å². The highest BCUT2D eigenvalue weighted by Gasteiger charge is 2.39. The van der Waals surface area contributed by atoms with Crippen LogP contribution in [0.2, 0.25) is 0 Å². The molecular weight excluding hydrogens is 1780 g/mol. The van der Waals surface area contributed by atoms with Crippen LogP contribution >= 0.6 is 0 Å². The topological polar surface area (TPSA) is 276 Å². The summed E-state index contributed by atoms with van der Waals surface area (Å²) in [5.41, 5.74) is 10.4. The van der Waals surface area contributed by atoms with Crippen molar-refractivity contribution in [1.29, 1.82) is 0 Å². The molecule has 0 aromatic rings. The van der Waals surface area contributed by atoms with Crippen molar-refractivity contribution in [3.63, 3.8) is 0 Å².